The first-order valence-corrected chi connectivity index (χ1v) is 19.1. The lowest BCUT2D eigenvalue weighted by atomic mass is 10.0. The van der Waals surface area contributed by atoms with Crippen LogP contribution in [-0.2, 0) is 0 Å². The molecule has 244 valence electrons. The van der Waals surface area contributed by atoms with Crippen LogP contribution in [0.25, 0.3) is 86.7 Å². The van der Waals surface area contributed by atoms with E-state index in [0.29, 0.717) is 17.5 Å². The smallest absolute Gasteiger partial charge is 0.165 e. The second-order valence-corrected chi connectivity index (χ2v) is 15.4. The molecular weight excluding hydrogens is 673 g/mol. The van der Waals surface area contributed by atoms with Crippen molar-refractivity contribution in [3.05, 3.63) is 163 Å². The molecule has 2 aromatic heterocycles. The molecule has 4 nitrogen and oxygen atoms in total. The molecule has 10 aromatic rings. The molecular formula is C46H28N4S2. The molecule has 1 N–H and O–H groups in total. The molecule has 0 spiro atoms. The Bertz CT molecular complexity index is 2950. The summed E-state index contributed by atoms with van der Waals surface area (Å²) in [5.41, 5.74) is 5.28. The van der Waals surface area contributed by atoms with E-state index in [0.717, 1.165) is 33.2 Å². The van der Waals surface area contributed by atoms with Gasteiger partial charge in [0.2, 0.25) is 0 Å². The summed E-state index contributed by atoms with van der Waals surface area (Å²) in [4.78, 5) is 17.0. The zero-order chi connectivity index (χ0) is 34.2. The fourth-order valence-electron chi connectivity index (χ4n) is 7.56. The molecule has 0 bridgehead atoms. The van der Waals surface area contributed by atoms with Gasteiger partial charge < -0.3 is 5.32 Å². The third-order valence-corrected chi connectivity index (χ3v) is 12.6. The summed E-state index contributed by atoms with van der Waals surface area (Å²) in [5, 5.41) is 13.7. The Labute approximate surface area is 307 Å². The fourth-order valence-corrected chi connectivity index (χ4v) is 10.1. The van der Waals surface area contributed by atoms with E-state index < -0.39 is 0 Å². The highest BCUT2D eigenvalue weighted by Gasteiger charge is 2.30. The zero-order valence-electron chi connectivity index (χ0n) is 27.7. The summed E-state index contributed by atoms with van der Waals surface area (Å²) in [6.45, 7) is 0. The van der Waals surface area contributed by atoms with Gasteiger partial charge in [0.15, 0.2) is 17.5 Å². The van der Waals surface area contributed by atoms with Crippen molar-refractivity contribution in [2.45, 2.75) is 10.3 Å². The Morgan fingerprint density at radius 3 is 1.75 bits per heavy atom. The Kier molecular flexibility index (Phi) is 6.69. The van der Waals surface area contributed by atoms with Crippen LogP contribution in [0.1, 0.15) is 10.9 Å². The highest BCUT2D eigenvalue weighted by molar-refractivity contribution is 8.00. The third-order valence-electron chi connectivity index (χ3n) is 10.1. The first kappa shape index (κ1) is 29.6. The van der Waals surface area contributed by atoms with Crippen molar-refractivity contribution in [1.29, 1.82) is 0 Å². The Morgan fingerprint density at radius 2 is 1.06 bits per heavy atom. The SMILES string of the molecule is c1ccc(C2Nc3cc(-c4nc(-c5ccc6ccccc6c5)nc(-c5ccc6ccccc6c5)n4)c4sc5ccc6ccccc6c5c4c3S2)cc1. The number of hydrogen-bond acceptors (Lipinski definition) is 6. The molecule has 1 atom stereocenters. The van der Waals surface area contributed by atoms with Crippen molar-refractivity contribution in [3.8, 4) is 34.2 Å². The van der Waals surface area contributed by atoms with Gasteiger partial charge in [-0.05, 0) is 62.1 Å². The maximum atomic E-state index is 5.30. The van der Waals surface area contributed by atoms with Crippen LogP contribution in [-0.4, -0.2) is 15.0 Å². The summed E-state index contributed by atoms with van der Waals surface area (Å²) >= 11 is 3.72. The van der Waals surface area contributed by atoms with Gasteiger partial charge in [-0.15, -0.1) is 11.3 Å². The first-order chi connectivity index (χ1) is 25.7. The van der Waals surface area contributed by atoms with Crippen LogP contribution in [0.15, 0.2) is 163 Å². The number of fused-ring (bicyclic) bond motifs is 9. The lowest BCUT2D eigenvalue weighted by molar-refractivity contribution is 1.08. The molecule has 1 aliphatic rings. The number of nitrogens with one attached hydrogen (secondary N) is 1. The molecule has 8 aromatic carbocycles. The molecule has 52 heavy (non-hydrogen) atoms. The van der Waals surface area contributed by atoms with E-state index in [2.05, 4.69) is 163 Å². The van der Waals surface area contributed by atoms with Crippen molar-refractivity contribution >= 4 is 81.3 Å². The summed E-state index contributed by atoms with van der Waals surface area (Å²) in [6, 6.07) is 56.0. The number of thioether (sulfide) groups is 1. The van der Waals surface area contributed by atoms with Crippen molar-refractivity contribution in [2.24, 2.45) is 0 Å². The maximum Gasteiger partial charge on any atom is 0.165 e. The summed E-state index contributed by atoms with van der Waals surface area (Å²) in [6.07, 6.45) is 0. The summed E-state index contributed by atoms with van der Waals surface area (Å²) in [5.74, 6) is 1.98. The Morgan fingerprint density at radius 1 is 0.481 bits per heavy atom. The van der Waals surface area contributed by atoms with Crippen LogP contribution in [0.5, 0.6) is 0 Å². The van der Waals surface area contributed by atoms with E-state index in [1.54, 1.807) is 0 Å². The number of nitrogens with zero attached hydrogens (tertiary/aromatic N) is 3. The van der Waals surface area contributed by atoms with E-state index in [9.17, 15) is 0 Å². The van der Waals surface area contributed by atoms with E-state index in [-0.39, 0.29) is 5.37 Å². The van der Waals surface area contributed by atoms with E-state index in [1.807, 2.05) is 23.1 Å². The third kappa shape index (κ3) is 4.79. The number of hydrogen-bond donors (Lipinski definition) is 1. The summed E-state index contributed by atoms with van der Waals surface area (Å²) < 4.78 is 2.44. The average Bonchev–Trinajstić information content (AvgIpc) is 3.83. The lowest BCUT2D eigenvalue weighted by Gasteiger charge is -2.12. The van der Waals surface area contributed by atoms with Gasteiger partial charge in [-0.3, -0.25) is 0 Å². The summed E-state index contributed by atoms with van der Waals surface area (Å²) in [7, 11) is 0. The van der Waals surface area contributed by atoms with Gasteiger partial charge in [-0.1, -0.05) is 145 Å². The second kappa shape index (κ2) is 11.7. The van der Waals surface area contributed by atoms with Gasteiger partial charge in [0.05, 0.1) is 5.69 Å². The molecule has 1 aliphatic heterocycles. The molecule has 6 heteroatoms. The van der Waals surface area contributed by atoms with Crippen molar-refractivity contribution < 1.29 is 0 Å². The Balaban J connectivity index is 1.19. The van der Waals surface area contributed by atoms with Gasteiger partial charge >= 0.3 is 0 Å². The minimum Gasteiger partial charge on any atom is -0.368 e. The minimum absolute atomic E-state index is 0.0965. The molecule has 0 aliphatic carbocycles. The lowest BCUT2D eigenvalue weighted by Crippen LogP contribution is -2.02. The van der Waals surface area contributed by atoms with Crippen LogP contribution in [0, 0.1) is 0 Å². The number of rotatable bonds is 4. The molecule has 0 saturated heterocycles. The van der Waals surface area contributed by atoms with Crippen LogP contribution in [0.4, 0.5) is 5.69 Å². The van der Waals surface area contributed by atoms with Gasteiger partial charge in [-0.25, -0.2) is 15.0 Å². The van der Waals surface area contributed by atoms with Gasteiger partial charge in [0.25, 0.3) is 0 Å². The molecule has 0 fully saturated rings. The van der Waals surface area contributed by atoms with Gasteiger partial charge in [0.1, 0.15) is 5.37 Å². The number of benzene rings is 8. The zero-order valence-corrected chi connectivity index (χ0v) is 29.4. The van der Waals surface area contributed by atoms with Crippen LogP contribution < -0.4 is 5.32 Å². The quantitative estimate of drug-likeness (QED) is 0.198. The van der Waals surface area contributed by atoms with Crippen LogP contribution in [0.3, 0.4) is 0 Å². The van der Waals surface area contributed by atoms with E-state index in [1.165, 1.54) is 52.2 Å². The monoisotopic (exact) mass is 700 g/mol. The molecule has 0 amide bonds. The minimum atomic E-state index is 0.0965. The van der Waals surface area contributed by atoms with E-state index in [4.69, 9.17) is 15.0 Å². The number of aromatic nitrogens is 3. The fraction of sp³-hybridized carbons (Fsp3) is 0.0217. The van der Waals surface area contributed by atoms with Crippen LogP contribution in [0.2, 0.25) is 0 Å². The maximum absolute atomic E-state index is 5.30. The molecule has 0 radical (unpaired) electrons. The largest absolute Gasteiger partial charge is 0.368 e. The van der Waals surface area contributed by atoms with Crippen molar-refractivity contribution in [3.63, 3.8) is 0 Å². The molecule has 11 rings (SSSR count). The normalized spacial score (nSPS) is 14.0. The topological polar surface area (TPSA) is 50.7 Å². The average molecular weight is 701 g/mol. The highest BCUT2D eigenvalue weighted by Crippen LogP contribution is 2.56. The van der Waals surface area contributed by atoms with Crippen molar-refractivity contribution in [1.82, 2.24) is 15.0 Å². The number of anilines is 1. The predicted octanol–water partition coefficient (Wildman–Crippen LogP) is 12.9. The number of thiophene rings is 1. The first-order valence-electron chi connectivity index (χ1n) is 17.4. The second-order valence-electron chi connectivity index (χ2n) is 13.2. The highest BCUT2D eigenvalue weighted by atomic mass is 32.2. The van der Waals surface area contributed by atoms with Gasteiger partial charge in [0, 0.05) is 41.8 Å². The van der Waals surface area contributed by atoms with Crippen molar-refractivity contribution in [2.75, 3.05) is 5.32 Å². The standard InChI is InChI=1S/C46H28N4S2/c1-2-13-30(14-3-1)46-47-37-26-36(41-40(42(37)52-46)39-35-17-9-8-12-29(35)22-23-38(39)51-41)45-49-43(33-20-18-27-10-4-6-15-31(27)24-33)48-44(50-45)34-21-19-28-11-5-7-16-32(28)25-34/h1-26,46-47H. The Hall–Kier alpha value is -6.08. The molecule has 0 saturated carbocycles. The van der Waals surface area contributed by atoms with Gasteiger partial charge in [-0.2, -0.15) is 0 Å². The molecule has 3 heterocycles. The predicted molar refractivity (Wildman–Crippen MR) is 220 cm³/mol. The molecule has 1 unspecified atom stereocenters. The van der Waals surface area contributed by atoms with E-state index >= 15 is 0 Å². The van der Waals surface area contributed by atoms with Crippen LogP contribution >= 0.6 is 23.1 Å².